The van der Waals surface area contributed by atoms with Crippen molar-refractivity contribution in [2.24, 2.45) is 5.92 Å². The Balaban J connectivity index is 1.85. The first-order valence-electron chi connectivity index (χ1n) is 5.87. The third-order valence-electron chi connectivity index (χ3n) is 3.90. The molecule has 0 aromatic carbocycles. The number of nitrogens with zero attached hydrogens (tertiary/aromatic N) is 1. The standard InChI is InChI=1S/C12H12BrNO3S/c13-10-3-6(5-18-10)11(15)14-7-1-2-9(14)8(4-7)12(16)17/h3,5,7-9H,1-2,4H2,(H,16,17). The molecule has 3 atom stereocenters. The second kappa shape index (κ2) is 4.35. The molecule has 2 bridgehead atoms. The Labute approximate surface area is 117 Å². The average Bonchev–Trinajstić information content (AvgIpc) is 3.01. The fraction of sp³-hybridized carbons (Fsp3) is 0.500. The molecule has 2 aliphatic rings. The molecule has 1 aromatic heterocycles. The van der Waals surface area contributed by atoms with E-state index in [2.05, 4.69) is 15.9 Å². The van der Waals surface area contributed by atoms with E-state index in [1.54, 1.807) is 11.0 Å². The van der Waals surface area contributed by atoms with Gasteiger partial charge in [-0.2, -0.15) is 0 Å². The molecule has 3 unspecified atom stereocenters. The number of halogens is 1. The van der Waals surface area contributed by atoms with Crippen LogP contribution in [0.4, 0.5) is 0 Å². The summed E-state index contributed by atoms with van der Waals surface area (Å²) in [7, 11) is 0. The van der Waals surface area contributed by atoms with Crippen molar-refractivity contribution < 1.29 is 14.7 Å². The van der Waals surface area contributed by atoms with Crippen LogP contribution >= 0.6 is 27.3 Å². The molecule has 0 spiro atoms. The Hall–Kier alpha value is -0.880. The second-order valence-electron chi connectivity index (χ2n) is 4.83. The molecular weight excluding hydrogens is 318 g/mol. The molecular formula is C12H12BrNO3S. The highest BCUT2D eigenvalue weighted by atomic mass is 79.9. The maximum absolute atomic E-state index is 12.4. The van der Waals surface area contributed by atoms with E-state index in [1.807, 2.05) is 5.38 Å². The van der Waals surface area contributed by atoms with Crippen molar-refractivity contribution in [2.45, 2.75) is 31.3 Å². The zero-order valence-corrected chi connectivity index (χ0v) is 11.9. The van der Waals surface area contributed by atoms with Gasteiger partial charge < -0.3 is 10.0 Å². The number of hydrogen-bond donors (Lipinski definition) is 1. The lowest BCUT2D eigenvalue weighted by Gasteiger charge is -2.22. The van der Waals surface area contributed by atoms with Gasteiger partial charge in [-0.25, -0.2) is 0 Å². The molecule has 1 amide bonds. The number of carboxylic acid groups (broad SMARTS) is 1. The second-order valence-corrected chi connectivity index (χ2v) is 7.12. The van der Waals surface area contributed by atoms with Gasteiger partial charge in [0.25, 0.3) is 5.91 Å². The molecule has 1 N–H and O–H groups in total. The van der Waals surface area contributed by atoms with Gasteiger partial charge in [0.1, 0.15) is 0 Å². The molecule has 18 heavy (non-hydrogen) atoms. The molecule has 96 valence electrons. The van der Waals surface area contributed by atoms with Gasteiger partial charge in [0, 0.05) is 17.5 Å². The summed E-state index contributed by atoms with van der Waals surface area (Å²) in [4.78, 5) is 25.4. The van der Waals surface area contributed by atoms with Crippen molar-refractivity contribution in [3.05, 3.63) is 20.8 Å². The van der Waals surface area contributed by atoms with Crippen molar-refractivity contribution >= 4 is 39.1 Å². The van der Waals surface area contributed by atoms with E-state index in [9.17, 15) is 9.59 Å². The Morgan fingerprint density at radius 2 is 2.22 bits per heavy atom. The van der Waals surface area contributed by atoms with Crippen molar-refractivity contribution in [1.82, 2.24) is 4.90 Å². The summed E-state index contributed by atoms with van der Waals surface area (Å²) in [6.07, 6.45) is 2.36. The Bertz CT molecular complexity index is 515. The molecule has 1 aromatic rings. The number of rotatable bonds is 2. The highest BCUT2D eigenvalue weighted by Crippen LogP contribution is 2.42. The number of thiophene rings is 1. The summed E-state index contributed by atoms with van der Waals surface area (Å²) < 4.78 is 0.923. The van der Waals surface area contributed by atoms with E-state index < -0.39 is 5.97 Å². The zero-order valence-electron chi connectivity index (χ0n) is 9.51. The average molecular weight is 330 g/mol. The molecule has 2 aliphatic heterocycles. The van der Waals surface area contributed by atoms with Crippen LogP contribution < -0.4 is 0 Å². The zero-order chi connectivity index (χ0) is 12.9. The van der Waals surface area contributed by atoms with Gasteiger partial charge in [0.2, 0.25) is 0 Å². The van der Waals surface area contributed by atoms with Gasteiger partial charge in [0.05, 0.1) is 15.3 Å². The Morgan fingerprint density at radius 3 is 2.78 bits per heavy atom. The Kier molecular flexibility index (Phi) is 2.94. The minimum Gasteiger partial charge on any atom is -0.481 e. The van der Waals surface area contributed by atoms with Gasteiger partial charge in [-0.15, -0.1) is 11.3 Å². The number of amides is 1. The van der Waals surface area contributed by atoms with E-state index >= 15 is 0 Å². The van der Waals surface area contributed by atoms with Gasteiger partial charge >= 0.3 is 5.97 Å². The van der Waals surface area contributed by atoms with Crippen LogP contribution in [0.2, 0.25) is 0 Å². The van der Waals surface area contributed by atoms with Crippen LogP contribution in [0.15, 0.2) is 15.2 Å². The lowest BCUT2D eigenvalue weighted by molar-refractivity contribution is -0.142. The highest BCUT2D eigenvalue weighted by Gasteiger charge is 2.51. The molecule has 0 radical (unpaired) electrons. The van der Waals surface area contributed by atoms with E-state index in [1.165, 1.54) is 11.3 Å². The minimum absolute atomic E-state index is 0.0202. The summed E-state index contributed by atoms with van der Waals surface area (Å²) in [6.45, 7) is 0. The minimum atomic E-state index is -0.772. The first-order chi connectivity index (χ1) is 8.58. The topological polar surface area (TPSA) is 57.6 Å². The molecule has 3 rings (SSSR count). The molecule has 2 fully saturated rings. The van der Waals surface area contributed by atoms with Crippen molar-refractivity contribution in [1.29, 1.82) is 0 Å². The van der Waals surface area contributed by atoms with Crippen molar-refractivity contribution in [3.8, 4) is 0 Å². The smallest absolute Gasteiger partial charge is 0.308 e. The third-order valence-corrected chi connectivity index (χ3v) is 5.41. The number of carboxylic acids is 1. The van der Waals surface area contributed by atoms with Crippen LogP contribution in [-0.4, -0.2) is 34.0 Å². The van der Waals surface area contributed by atoms with E-state index in [0.29, 0.717) is 12.0 Å². The van der Waals surface area contributed by atoms with Crippen molar-refractivity contribution in [2.75, 3.05) is 0 Å². The normalized spacial score (nSPS) is 29.8. The van der Waals surface area contributed by atoms with Crippen LogP contribution in [-0.2, 0) is 4.79 Å². The quantitative estimate of drug-likeness (QED) is 0.907. The number of hydrogen-bond acceptors (Lipinski definition) is 3. The largest absolute Gasteiger partial charge is 0.481 e. The van der Waals surface area contributed by atoms with Crippen LogP contribution in [0.25, 0.3) is 0 Å². The highest BCUT2D eigenvalue weighted by molar-refractivity contribution is 9.11. The fourth-order valence-electron chi connectivity index (χ4n) is 3.14. The van der Waals surface area contributed by atoms with Crippen LogP contribution in [0, 0.1) is 5.92 Å². The summed E-state index contributed by atoms with van der Waals surface area (Å²) in [5.74, 6) is -1.17. The van der Waals surface area contributed by atoms with Crippen LogP contribution in [0.5, 0.6) is 0 Å². The molecule has 0 saturated carbocycles. The van der Waals surface area contributed by atoms with E-state index in [-0.39, 0.29) is 23.9 Å². The third kappa shape index (κ3) is 1.78. The predicted molar refractivity (Wildman–Crippen MR) is 70.7 cm³/mol. The lowest BCUT2D eigenvalue weighted by atomic mass is 9.89. The Morgan fingerprint density at radius 1 is 1.44 bits per heavy atom. The summed E-state index contributed by atoms with van der Waals surface area (Å²) in [6, 6.07) is 1.81. The summed E-state index contributed by atoms with van der Waals surface area (Å²) in [5, 5.41) is 11.0. The van der Waals surface area contributed by atoms with Crippen LogP contribution in [0.3, 0.4) is 0 Å². The van der Waals surface area contributed by atoms with Crippen molar-refractivity contribution in [3.63, 3.8) is 0 Å². The predicted octanol–water partition coefficient (Wildman–Crippen LogP) is 2.59. The SMILES string of the molecule is O=C(O)C1CC2CCC1N2C(=O)c1csc(Br)c1. The number of carbonyl (C=O) groups excluding carboxylic acids is 1. The van der Waals surface area contributed by atoms with Gasteiger partial charge in [0.15, 0.2) is 0 Å². The maximum Gasteiger partial charge on any atom is 0.308 e. The van der Waals surface area contributed by atoms with Gasteiger partial charge in [-0.05, 0) is 41.3 Å². The lowest BCUT2D eigenvalue weighted by Crippen LogP contribution is -2.37. The number of aliphatic carboxylic acids is 1. The number of carbonyl (C=O) groups is 2. The first-order valence-corrected chi connectivity index (χ1v) is 7.54. The molecule has 6 heteroatoms. The van der Waals surface area contributed by atoms with E-state index in [4.69, 9.17) is 5.11 Å². The molecule has 0 aliphatic carbocycles. The van der Waals surface area contributed by atoms with Crippen LogP contribution in [0.1, 0.15) is 29.6 Å². The molecule has 2 saturated heterocycles. The molecule has 4 nitrogen and oxygen atoms in total. The maximum atomic E-state index is 12.4. The van der Waals surface area contributed by atoms with Gasteiger partial charge in [-0.1, -0.05) is 0 Å². The molecule has 3 heterocycles. The van der Waals surface area contributed by atoms with E-state index in [0.717, 1.165) is 16.6 Å². The number of fused-ring (bicyclic) bond motifs is 2. The van der Waals surface area contributed by atoms with Gasteiger partial charge in [-0.3, -0.25) is 9.59 Å². The monoisotopic (exact) mass is 329 g/mol. The summed E-state index contributed by atoms with van der Waals surface area (Å²) >= 11 is 4.82. The first kappa shape index (κ1) is 12.2. The fourth-order valence-corrected chi connectivity index (χ4v) is 4.27. The summed E-state index contributed by atoms with van der Waals surface area (Å²) in [5.41, 5.74) is 0.662.